The largest absolute Gasteiger partial charge is 0.384 e. The molecule has 2 aromatic carbocycles. The van der Waals surface area contributed by atoms with Gasteiger partial charge in [0, 0.05) is 11.1 Å². The lowest BCUT2D eigenvalue weighted by Crippen LogP contribution is -2.14. The molecule has 0 aliphatic heterocycles. The number of rotatable bonds is 2. The van der Waals surface area contributed by atoms with Crippen LogP contribution in [0.4, 0.5) is 14.5 Å². The molecule has 5 heteroatoms. The van der Waals surface area contributed by atoms with Gasteiger partial charge in [-0.3, -0.25) is 4.79 Å². The Morgan fingerprint density at radius 3 is 2.48 bits per heavy atom. The first-order valence-electron chi connectivity index (χ1n) is 6.07. The Hall–Kier alpha value is -2.71. The molecule has 3 nitrogen and oxygen atoms in total. The van der Waals surface area contributed by atoms with Crippen LogP contribution in [0.3, 0.4) is 0 Å². The van der Waals surface area contributed by atoms with Crippen LogP contribution in [-0.2, 0) is 0 Å². The molecule has 0 bridgehead atoms. The summed E-state index contributed by atoms with van der Waals surface area (Å²) in [6.45, 7) is -0.295. The Morgan fingerprint density at radius 1 is 1.14 bits per heavy atom. The molecule has 2 rings (SSSR count). The van der Waals surface area contributed by atoms with E-state index in [1.165, 1.54) is 18.2 Å². The van der Waals surface area contributed by atoms with Crippen molar-refractivity contribution in [3.8, 4) is 11.8 Å². The second-order valence-electron chi connectivity index (χ2n) is 4.09. The minimum absolute atomic E-state index is 0.211. The fourth-order valence-corrected chi connectivity index (χ4v) is 1.68. The van der Waals surface area contributed by atoms with Crippen LogP contribution in [0.5, 0.6) is 0 Å². The molecule has 0 saturated carbocycles. The predicted octanol–water partition coefficient (Wildman–Crippen LogP) is 2.56. The Bertz CT molecular complexity index is 712. The van der Waals surface area contributed by atoms with E-state index in [4.69, 9.17) is 5.11 Å². The Kier molecular flexibility index (Phi) is 4.64. The number of amides is 1. The zero-order valence-corrected chi connectivity index (χ0v) is 10.9. The molecular formula is C16H11F2NO2. The summed E-state index contributed by atoms with van der Waals surface area (Å²) in [5.41, 5.74) is 0.238. The van der Waals surface area contributed by atoms with Gasteiger partial charge in [0.25, 0.3) is 5.91 Å². The van der Waals surface area contributed by atoms with Crippen molar-refractivity contribution in [1.82, 2.24) is 0 Å². The number of carbonyl (C=O) groups excluding carboxylic acids is 1. The number of aliphatic hydroxyl groups is 1. The van der Waals surface area contributed by atoms with Crippen LogP contribution < -0.4 is 5.32 Å². The van der Waals surface area contributed by atoms with Gasteiger partial charge >= 0.3 is 0 Å². The zero-order chi connectivity index (χ0) is 15.2. The lowest BCUT2D eigenvalue weighted by atomic mass is 10.1. The summed E-state index contributed by atoms with van der Waals surface area (Å²) < 4.78 is 26.9. The quantitative estimate of drug-likeness (QED) is 0.834. The first-order chi connectivity index (χ1) is 10.1. The summed E-state index contributed by atoms with van der Waals surface area (Å²) in [7, 11) is 0. The van der Waals surface area contributed by atoms with Crippen molar-refractivity contribution in [2.45, 2.75) is 0 Å². The average molecular weight is 287 g/mol. The van der Waals surface area contributed by atoms with Crippen molar-refractivity contribution in [3.63, 3.8) is 0 Å². The second-order valence-corrected chi connectivity index (χ2v) is 4.09. The number of anilines is 1. The lowest BCUT2D eigenvalue weighted by Gasteiger charge is -2.07. The lowest BCUT2D eigenvalue weighted by molar-refractivity contribution is 0.102. The third-order valence-electron chi connectivity index (χ3n) is 2.64. The van der Waals surface area contributed by atoms with Gasteiger partial charge in [0.05, 0.1) is 0 Å². The summed E-state index contributed by atoms with van der Waals surface area (Å²) in [5, 5.41) is 10.8. The molecule has 21 heavy (non-hydrogen) atoms. The molecule has 0 radical (unpaired) electrons. The summed E-state index contributed by atoms with van der Waals surface area (Å²) in [4.78, 5) is 12.0. The van der Waals surface area contributed by atoms with E-state index in [-0.39, 0.29) is 12.2 Å². The maximum atomic E-state index is 13.5. The van der Waals surface area contributed by atoms with Gasteiger partial charge < -0.3 is 10.4 Å². The summed E-state index contributed by atoms with van der Waals surface area (Å²) in [6, 6.07) is 9.54. The molecule has 0 aromatic heterocycles. The van der Waals surface area contributed by atoms with Crippen molar-refractivity contribution in [2.75, 3.05) is 11.9 Å². The Morgan fingerprint density at radius 2 is 1.81 bits per heavy atom. The molecule has 2 aromatic rings. The van der Waals surface area contributed by atoms with E-state index in [1.807, 2.05) is 0 Å². The van der Waals surface area contributed by atoms with Gasteiger partial charge in [-0.2, -0.15) is 0 Å². The number of para-hydroxylation sites is 1. The van der Waals surface area contributed by atoms with Gasteiger partial charge in [0.15, 0.2) is 0 Å². The molecule has 0 atom stereocenters. The first-order valence-corrected chi connectivity index (χ1v) is 6.07. The van der Waals surface area contributed by atoms with E-state index in [0.29, 0.717) is 5.56 Å². The summed E-state index contributed by atoms with van der Waals surface area (Å²) in [6.07, 6.45) is 0. The number of hydrogen-bond acceptors (Lipinski definition) is 2. The Balaban J connectivity index is 2.25. The van der Waals surface area contributed by atoms with Gasteiger partial charge in [-0.25, -0.2) is 8.78 Å². The third kappa shape index (κ3) is 3.65. The van der Waals surface area contributed by atoms with E-state index in [0.717, 1.165) is 12.1 Å². The highest BCUT2D eigenvalue weighted by Crippen LogP contribution is 2.19. The molecule has 0 aliphatic rings. The van der Waals surface area contributed by atoms with Gasteiger partial charge in [-0.05, 0) is 30.3 Å². The van der Waals surface area contributed by atoms with Gasteiger partial charge in [0.2, 0.25) is 0 Å². The molecule has 0 spiro atoms. The van der Waals surface area contributed by atoms with E-state index >= 15 is 0 Å². The molecule has 0 heterocycles. The average Bonchev–Trinajstić information content (AvgIpc) is 2.49. The van der Waals surface area contributed by atoms with Crippen LogP contribution in [0.25, 0.3) is 0 Å². The van der Waals surface area contributed by atoms with E-state index in [9.17, 15) is 13.6 Å². The zero-order valence-electron chi connectivity index (χ0n) is 10.9. The van der Waals surface area contributed by atoms with Crippen LogP contribution in [0.15, 0.2) is 42.5 Å². The fraction of sp³-hybridized carbons (Fsp3) is 0.0625. The third-order valence-corrected chi connectivity index (χ3v) is 2.64. The maximum absolute atomic E-state index is 13.5. The fourth-order valence-electron chi connectivity index (χ4n) is 1.68. The molecule has 0 aliphatic carbocycles. The van der Waals surface area contributed by atoms with Crippen LogP contribution in [-0.4, -0.2) is 17.6 Å². The number of nitrogens with one attached hydrogen (secondary N) is 1. The minimum Gasteiger partial charge on any atom is -0.384 e. The number of halogens is 2. The van der Waals surface area contributed by atoms with E-state index in [1.54, 1.807) is 12.1 Å². The minimum atomic E-state index is -0.848. The van der Waals surface area contributed by atoms with Crippen LogP contribution in [0.2, 0.25) is 0 Å². The summed E-state index contributed by atoms with van der Waals surface area (Å²) >= 11 is 0. The predicted molar refractivity (Wildman–Crippen MR) is 74.7 cm³/mol. The van der Waals surface area contributed by atoms with Crippen LogP contribution >= 0.6 is 0 Å². The van der Waals surface area contributed by atoms with Crippen molar-refractivity contribution in [2.24, 2.45) is 0 Å². The molecule has 0 fully saturated rings. The standard InChI is InChI=1S/C16H11F2NO2/c17-13-7-2-8-14(18)15(13)19-16(21)12-6-1-4-11(10-12)5-3-9-20/h1-2,4,6-8,10,20H,9H2,(H,19,21). The summed E-state index contributed by atoms with van der Waals surface area (Å²) in [5.74, 6) is 2.76. The monoisotopic (exact) mass is 287 g/mol. The molecule has 106 valence electrons. The van der Waals surface area contributed by atoms with Crippen molar-refractivity contribution in [1.29, 1.82) is 0 Å². The van der Waals surface area contributed by atoms with Gasteiger partial charge in [0.1, 0.15) is 23.9 Å². The number of benzene rings is 2. The van der Waals surface area contributed by atoms with Crippen LogP contribution in [0, 0.1) is 23.5 Å². The van der Waals surface area contributed by atoms with E-state index < -0.39 is 23.2 Å². The molecule has 0 saturated heterocycles. The highest BCUT2D eigenvalue weighted by molar-refractivity contribution is 6.04. The normalized spacial score (nSPS) is 9.67. The highest BCUT2D eigenvalue weighted by atomic mass is 19.1. The Labute approximate surface area is 120 Å². The van der Waals surface area contributed by atoms with Crippen molar-refractivity contribution in [3.05, 3.63) is 65.2 Å². The first kappa shape index (κ1) is 14.7. The molecular weight excluding hydrogens is 276 g/mol. The van der Waals surface area contributed by atoms with Gasteiger partial charge in [-0.1, -0.05) is 24.0 Å². The van der Waals surface area contributed by atoms with Gasteiger partial charge in [-0.15, -0.1) is 0 Å². The topological polar surface area (TPSA) is 49.3 Å². The second kappa shape index (κ2) is 6.64. The van der Waals surface area contributed by atoms with Crippen molar-refractivity contribution >= 4 is 11.6 Å². The smallest absolute Gasteiger partial charge is 0.255 e. The van der Waals surface area contributed by atoms with Crippen molar-refractivity contribution < 1.29 is 18.7 Å². The maximum Gasteiger partial charge on any atom is 0.255 e. The SMILES string of the molecule is O=C(Nc1c(F)cccc1F)c1cccc(C#CCO)c1. The number of carbonyl (C=O) groups is 1. The number of aliphatic hydroxyl groups excluding tert-OH is 1. The van der Waals surface area contributed by atoms with Crippen LogP contribution in [0.1, 0.15) is 15.9 Å². The highest BCUT2D eigenvalue weighted by Gasteiger charge is 2.13. The molecule has 2 N–H and O–H groups in total. The number of hydrogen-bond donors (Lipinski definition) is 2. The van der Waals surface area contributed by atoms with E-state index in [2.05, 4.69) is 17.2 Å². The molecule has 0 unspecified atom stereocenters. The molecule has 1 amide bonds.